The van der Waals surface area contributed by atoms with Crippen molar-refractivity contribution < 1.29 is 13.2 Å². The summed E-state index contributed by atoms with van der Waals surface area (Å²) in [6.45, 7) is 0.253. The Labute approximate surface area is 97.1 Å². The second-order valence-corrected chi connectivity index (χ2v) is 4.15. The standard InChI is InChI=1S/C10H13F3N4/c1-16(7-10(11,12)13)8-5-17(6-8)9-4-14-2-3-15-9/h2-4,8H,5-7H2,1H3. The van der Waals surface area contributed by atoms with Crippen LogP contribution in [0.25, 0.3) is 0 Å². The Kier molecular flexibility index (Phi) is 3.19. The van der Waals surface area contributed by atoms with Gasteiger partial charge in [-0.2, -0.15) is 13.2 Å². The van der Waals surface area contributed by atoms with E-state index >= 15 is 0 Å². The maximum atomic E-state index is 12.2. The highest BCUT2D eigenvalue weighted by Crippen LogP contribution is 2.23. The normalized spacial score (nSPS) is 17.4. The molecular formula is C10H13F3N4. The molecular weight excluding hydrogens is 233 g/mol. The summed E-state index contributed by atoms with van der Waals surface area (Å²) in [4.78, 5) is 11.2. The summed E-state index contributed by atoms with van der Waals surface area (Å²) >= 11 is 0. The lowest BCUT2D eigenvalue weighted by Gasteiger charge is -2.44. The monoisotopic (exact) mass is 246 g/mol. The van der Waals surface area contributed by atoms with Gasteiger partial charge in [0.1, 0.15) is 5.82 Å². The van der Waals surface area contributed by atoms with E-state index < -0.39 is 12.7 Å². The van der Waals surface area contributed by atoms with Crippen LogP contribution in [0.3, 0.4) is 0 Å². The Balaban J connectivity index is 1.83. The van der Waals surface area contributed by atoms with Gasteiger partial charge in [-0.3, -0.25) is 9.88 Å². The first-order chi connectivity index (χ1) is 7.96. The van der Waals surface area contributed by atoms with Crippen LogP contribution in [-0.2, 0) is 0 Å². The Bertz CT molecular complexity index is 362. The lowest BCUT2D eigenvalue weighted by molar-refractivity contribution is -0.148. The molecule has 1 aliphatic heterocycles. The summed E-state index contributed by atoms with van der Waals surface area (Å²) in [5.41, 5.74) is 0. The van der Waals surface area contributed by atoms with Gasteiger partial charge in [-0.15, -0.1) is 0 Å². The van der Waals surface area contributed by atoms with Crippen LogP contribution in [0.15, 0.2) is 18.6 Å². The van der Waals surface area contributed by atoms with Gasteiger partial charge in [0.2, 0.25) is 0 Å². The van der Waals surface area contributed by atoms with Gasteiger partial charge in [-0.25, -0.2) is 4.98 Å². The quantitative estimate of drug-likeness (QED) is 0.801. The van der Waals surface area contributed by atoms with Gasteiger partial charge in [0.25, 0.3) is 0 Å². The molecule has 17 heavy (non-hydrogen) atoms. The lowest BCUT2D eigenvalue weighted by atomic mass is 10.1. The number of rotatable bonds is 3. The van der Waals surface area contributed by atoms with Gasteiger partial charge in [0.05, 0.1) is 12.7 Å². The molecule has 0 bridgehead atoms. The van der Waals surface area contributed by atoms with Crippen LogP contribution in [0.5, 0.6) is 0 Å². The zero-order chi connectivity index (χ0) is 12.5. The zero-order valence-electron chi connectivity index (χ0n) is 9.35. The fourth-order valence-corrected chi connectivity index (χ4v) is 1.79. The number of likely N-dealkylation sites (N-methyl/N-ethyl adjacent to an activating group) is 1. The fourth-order valence-electron chi connectivity index (χ4n) is 1.79. The molecule has 2 rings (SSSR count). The summed E-state index contributed by atoms with van der Waals surface area (Å²) < 4.78 is 36.5. The number of hydrogen-bond donors (Lipinski definition) is 0. The van der Waals surface area contributed by atoms with E-state index in [1.54, 1.807) is 18.6 Å². The summed E-state index contributed by atoms with van der Waals surface area (Å²) in [5.74, 6) is 0.712. The Morgan fingerprint density at radius 3 is 2.65 bits per heavy atom. The van der Waals surface area contributed by atoms with Crippen LogP contribution < -0.4 is 4.90 Å². The molecule has 0 aliphatic carbocycles. The average molecular weight is 246 g/mol. The molecule has 7 heteroatoms. The van der Waals surface area contributed by atoms with Crippen molar-refractivity contribution in [2.24, 2.45) is 0 Å². The summed E-state index contributed by atoms with van der Waals surface area (Å²) in [6.07, 6.45) is 0.611. The van der Waals surface area contributed by atoms with E-state index in [1.165, 1.54) is 11.9 Å². The van der Waals surface area contributed by atoms with Crippen LogP contribution >= 0.6 is 0 Å². The molecule has 0 aromatic carbocycles. The van der Waals surface area contributed by atoms with Crippen LogP contribution in [0, 0.1) is 0 Å². The average Bonchev–Trinajstić information content (AvgIpc) is 2.14. The highest BCUT2D eigenvalue weighted by Gasteiger charge is 2.37. The number of halogens is 3. The molecule has 2 heterocycles. The maximum absolute atomic E-state index is 12.2. The number of hydrogen-bond acceptors (Lipinski definition) is 4. The molecule has 4 nitrogen and oxygen atoms in total. The van der Waals surface area contributed by atoms with Crippen LogP contribution in [0.2, 0.25) is 0 Å². The van der Waals surface area contributed by atoms with E-state index in [0.717, 1.165) is 0 Å². The van der Waals surface area contributed by atoms with E-state index in [-0.39, 0.29) is 6.04 Å². The molecule has 0 saturated carbocycles. The van der Waals surface area contributed by atoms with Gasteiger partial charge < -0.3 is 4.90 Å². The van der Waals surface area contributed by atoms with Crippen LogP contribution in [-0.4, -0.2) is 53.8 Å². The number of anilines is 1. The van der Waals surface area contributed by atoms with E-state index in [4.69, 9.17) is 0 Å². The largest absolute Gasteiger partial charge is 0.401 e. The Morgan fingerprint density at radius 1 is 1.41 bits per heavy atom. The Morgan fingerprint density at radius 2 is 2.12 bits per heavy atom. The van der Waals surface area contributed by atoms with Gasteiger partial charge in [-0.1, -0.05) is 0 Å². The maximum Gasteiger partial charge on any atom is 0.401 e. The number of aromatic nitrogens is 2. The van der Waals surface area contributed by atoms with E-state index in [0.29, 0.717) is 18.9 Å². The van der Waals surface area contributed by atoms with Crippen molar-refractivity contribution in [3.8, 4) is 0 Å². The molecule has 0 N–H and O–H groups in total. The van der Waals surface area contributed by atoms with Crippen molar-refractivity contribution in [2.75, 3.05) is 31.6 Å². The molecule has 1 aromatic rings. The van der Waals surface area contributed by atoms with Crippen molar-refractivity contribution in [3.63, 3.8) is 0 Å². The predicted molar refractivity (Wildman–Crippen MR) is 56.7 cm³/mol. The van der Waals surface area contributed by atoms with Gasteiger partial charge >= 0.3 is 6.18 Å². The first-order valence-corrected chi connectivity index (χ1v) is 5.23. The van der Waals surface area contributed by atoms with E-state index in [9.17, 15) is 13.2 Å². The highest BCUT2D eigenvalue weighted by molar-refractivity contribution is 5.39. The van der Waals surface area contributed by atoms with Gasteiger partial charge in [0, 0.05) is 31.5 Å². The van der Waals surface area contributed by atoms with Crippen molar-refractivity contribution in [1.82, 2.24) is 14.9 Å². The van der Waals surface area contributed by atoms with Crippen molar-refractivity contribution in [2.45, 2.75) is 12.2 Å². The second-order valence-electron chi connectivity index (χ2n) is 4.15. The van der Waals surface area contributed by atoms with Gasteiger partial charge in [-0.05, 0) is 7.05 Å². The molecule has 0 radical (unpaired) electrons. The zero-order valence-corrected chi connectivity index (χ0v) is 9.35. The minimum Gasteiger partial charge on any atom is -0.352 e. The highest BCUT2D eigenvalue weighted by atomic mass is 19.4. The Hall–Kier alpha value is -1.37. The smallest absolute Gasteiger partial charge is 0.352 e. The summed E-state index contributed by atoms with van der Waals surface area (Å²) in [7, 11) is 1.49. The van der Waals surface area contributed by atoms with Crippen LogP contribution in [0.1, 0.15) is 0 Å². The molecule has 0 unspecified atom stereocenters. The van der Waals surface area contributed by atoms with E-state index in [2.05, 4.69) is 9.97 Å². The van der Waals surface area contributed by atoms with Crippen molar-refractivity contribution >= 4 is 5.82 Å². The first-order valence-electron chi connectivity index (χ1n) is 5.23. The molecule has 1 aromatic heterocycles. The van der Waals surface area contributed by atoms with E-state index in [1.807, 2.05) is 4.90 Å². The third-order valence-electron chi connectivity index (χ3n) is 2.79. The molecule has 1 saturated heterocycles. The minimum atomic E-state index is -4.14. The fraction of sp³-hybridized carbons (Fsp3) is 0.600. The number of nitrogens with zero attached hydrogens (tertiary/aromatic N) is 4. The molecule has 0 amide bonds. The summed E-state index contributed by atoms with van der Waals surface area (Å²) in [5, 5.41) is 0. The molecule has 94 valence electrons. The molecule has 0 atom stereocenters. The summed E-state index contributed by atoms with van der Waals surface area (Å²) in [6, 6.07) is -0.0707. The van der Waals surface area contributed by atoms with Crippen molar-refractivity contribution in [3.05, 3.63) is 18.6 Å². The third-order valence-corrected chi connectivity index (χ3v) is 2.79. The molecule has 1 aliphatic rings. The predicted octanol–water partition coefficient (Wildman–Crippen LogP) is 1.16. The van der Waals surface area contributed by atoms with Crippen molar-refractivity contribution in [1.29, 1.82) is 0 Å². The molecule has 1 fully saturated rings. The minimum absolute atomic E-state index is 0.0707. The van der Waals surface area contributed by atoms with Gasteiger partial charge in [0.15, 0.2) is 0 Å². The number of alkyl halides is 3. The second kappa shape index (κ2) is 4.48. The SMILES string of the molecule is CN(CC(F)(F)F)C1CN(c2cnccn2)C1. The molecule has 0 spiro atoms. The lowest BCUT2D eigenvalue weighted by Crippen LogP contribution is -2.60. The third kappa shape index (κ3) is 3.06. The topological polar surface area (TPSA) is 32.3 Å². The first kappa shape index (κ1) is 12.1. The van der Waals surface area contributed by atoms with Crippen LogP contribution in [0.4, 0.5) is 19.0 Å².